The van der Waals surface area contributed by atoms with Gasteiger partial charge in [-0.05, 0) is 28.3 Å². The Morgan fingerprint density at radius 3 is 2.91 bits per heavy atom. The number of nitrogens with zero attached hydrogens (tertiary/aromatic N) is 6. The molecule has 5 rings (SSSR count). The summed E-state index contributed by atoms with van der Waals surface area (Å²) < 4.78 is 27.1. The number of aromatic nitrogens is 5. The van der Waals surface area contributed by atoms with Crippen LogP contribution in [0.1, 0.15) is 23.2 Å². The number of carbonyl (C=O) groups excluding carboxylic acids is 2. The van der Waals surface area contributed by atoms with Crippen LogP contribution in [0.4, 0.5) is 0 Å². The van der Waals surface area contributed by atoms with Gasteiger partial charge < -0.3 is 10.2 Å². The SMILES string of the molecule is Cn1nnnc1SCCC(=O)NC1CCS(=O)(=O)C12CN(C(=O)c1cncc3sccc13)C2. The number of aryl methyl sites for hydroxylation is 1. The maximum Gasteiger partial charge on any atom is 0.256 e. The molecule has 3 aromatic heterocycles. The van der Waals surface area contributed by atoms with Crippen LogP contribution < -0.4 is 5.32 Å². The van der Waals surface area contributed by atoms with Gasteiger partial charge >= 0.3 is 0 Å². The molecule has 2 amide bonds. The molecule has 2 saturated heterocycles. The molecule has 2 aliphatic rings. The van der Waals surface area contributed by atoms with Gasteiger partial charge in [-0.1, -0.05) is 11.8 Å². The van der Waals surface area contributed by atoms with Gasteiger partial charge in [0, 0.05) is 50.1 Å². The van der Waals surface area contributed by atoms with Crippen molar-refractivity contribution in [2.75, 3.05) is 24.6 Å². The number of rotatable bonds is 6. The van der Waals surface area contributed by atoms with Crippen LogP contribution in [0.2, 0.25) is 0 Å². The Kier molecular flexibility index (Phi) is 5.61. The van der Waals surface area contributed by atoms with Crippen molar-refractivity contribution in [1.82, 2.24) is 35.4 Å². The maximum atomic E-state index is 13.1. The molecule has 2 fully saturated rings. The van der Waals surface area contributed by atoms with E-state index in [1.54, 1.807) is 13.2 Å². The van der Waals surface area contributed by atoms with Crippen LogP contribution in [0.15, 0.2) is 29.0 Å². The second-order valence-corrected chi connectivity index (χ2v) is 12.6. The van der Waals surface area contributed by atoms with Crippen molar-refractivity contribution >= 4 is 54.8 Å². The van der Waals surface area contributed by atoms with E-state index in [0.717, 1.165) is 10.1 Å². The Labute approximate surface area is 197 Å². The van der Waals surface area contributed by atoms with Gasteiger partial charge in [-0.3, -0.25) is 14.6 Å². The lowest BCUT2D eigenvalue weighted by atomic mass is 9.88. The molecule has 174 valence electrons. The first-order chi connectivity index (χ1) is 15.8. The number of thiophene rings is 1. The smallest absolute Gasteiger partial charge is 0.256 e. The fourth-order valence-electron chi connectivity index (χ4n) is 4.40. The maximum absolute atomic E-state index is 13.1. The number of nitrogens with one attached hydrogen (secondary N) is 1. The Balaban J connectivity index is 1.24. The largest absolute Gasteiger partial charge is 0.352 e. The van der Waals surface area contributed by atoms with Crippen molar-refractivity contribution in [3.63, 3.8) is 0 Å². The van der Waals surface area contributed by atoms with E-state index in [1.165, 1.54) is 38.9 Å². The molecule has 33 heavy (non-hydrogen) atoms. The van der Waals surface area contributed by atoms with Gasteiger partial charge in [-0.25, -0.2) is 13.1 Å². The van der Waals surface area contributed by atoms with Gasteiger partial charge in [0.2, 0.25) is 11.1 Å². The first-order valence-corrected chi connectivity index (χ1v) is 13.8. The lowest BCUT2D eigenvalue weighted by Crippen LogP contribution is -2.72. The second-order valence-electron chi connectivity index (χ2n) is 8.16. The van der Waals surface area contributed by atoms with Crippen molar-refractivity contribution in [3.8, 4) is 0 Å². The molecule has 0 radical (unpaired) electrons. The van der Waals surface area contributed by atoms with Crippen LogP contribution in [0, 0.1) is 0 Å². The monoisotopic (exact) mass is 507 g/mol. The number of tetrazole rings is 1. The molecule has 0 aromatic carbocycles. The lowest BCUT2D eigenvalue weighted by molar-refractivity contribution is -0.121. The van der Waals surface area contributed by atoms with Gasteiger partial charge in [-0.2, -0.15) is 0 Å². The van der Waals surface area contributed by atoms with Crippen LogP contribution in [-0.4, -0.2) is 85.7 Å². The number of hydrogen-bond acceptors (Lipinski definition) is 10. The summed E-state index contributed by atoms with van der Waals surface area (Å²) in [4.78, 5) is 31.3. The number of sulfone groups is 1. The molecule has 2 aliphatic heterocycles. The van der Waals surface area contributed by atoms with E-state index < -0.39 is 20.6 Å². The zero-order valence-corrected chi connectivity index (χ0v) is 20.1. The minimum Gasteiger partial charge on any atom is -0.352 e. The minimum atomic E-state index is -3.44. The normalized spacial score (nSPS) is 20.8. The first kappa shape index (κ1) is 22.2. The first-order valence-electron chi connectivity index (χ1n) is 10.3. The molecule has 1 unspecified atom stereocenters. The van der Waals surface area contributed by atoms with Gasteiger partial charge in [0.1, 0.15) is 4.75 Å². The predicted molar refractivity (Wildman–Crippen MR) is 123 cm³/mol. The number of pyridine rings is 1. The molecule has 11 nitrogen and oxygen atoms in total. The van der Waals surface area contributed by atoms with Crippen molar-refractivity contribution in [1.29, 1.82) is 0 Å². The van der Waals surface area contributed by atoms with Crippen LogP contribution >= 0.6 is 23.1 Å². The summed E-state index contributed by atoms with van der Waals surface area (Å²) in [6.45, 7) is 0.137. The highest BCUT2D eigenvalue weighted by Gasteiger charge is 2.63. The molecule has 0 aliphatic carbocycles. The van der Waals surface area contributed by atoms with Crippen molar-refractivity contribution in [2.24, 2.45) is 7.05 Å². The third-order valence-corrected chi connectivity index (χ3v) is 10.6. The Morgan fingerprint density at radius 2 is 2.15 bits per heavy atom. The highest BCUT2D eigenvalue weighted by Crippen LogP contribution is 2.41. The summed E-state index contributed by atoms with van der Waals surface area (Å²) in [6.07, 6.45) is 3.78. The Hall–Kier alpha value is -2.58. The van der Waals surface area contributed by atoms with E-state index in [1.807, 2.05) is 11.4 Å². The molecule has 0 bridgehead atoms. The van der Waals surface area contributed by atoms with Crippen LogP contribution in [0.5, 0.6) is 0 Å². The van der Waals surface area contributed by atoms with Crippen molar-refractivity contribution in [3.05, 3.63) is 29.4 Å². The average Bonchev–Trinajstić information content (AvgIpc) is 3.44. The van der Waals surface area contributed by atoms with E-state index in [9.17, 15) is 18.0 Å². The Morgan fingerprint density at radius 1 is 1.33 bits per heavy atom. The molecule has 5 heterocycles. The molecule has 1 N–H and O–H groups in total. The number of fused-ring (bicyclic) bond motifs is 1. The molecule has 0 saturated carbocycles. The topological polar surface area (TPSA) is 140 Å². The molecular weight excluding hydrogens is 486 g/mol. The fourth-order valence-corrected chi connectivity index (χ4v) is 8.23. The van der Waals surface area contributed by atoms with E-state index in [0.29, 0.717) is 22.9 Å². The average molecular weight is 508 g/mol. The van der Waals surface area contributed by atoms with Crippen LogP contribution in [0.25, 0.3) is 10.1 Å². The number of hydrogen-bond donors (Lipinski definition) is 1. The molecular formula is C19H21N7O4S3. The number of carbonyl (C=O) groups is 2. The fraction of sp³-hybridized carbons (Fsp3) is 0.474. The van der Waals surface area contributed by atoms with Crippen LogP contribution in [0.3, 0.4) is 0 Å². The van der Waals surface area contributed by atoms with Gasteiger partial charge in [-0.15, -0.1) is 16.4 Å². The summed E-state index contributed by atoms with van der Waals surface area (Å²) in [5, 5.41) is 17.4. The summed E-state index contributed by atoms with van der Waals surface area (Å²) in [6, 6.07) is 1.35. The van der Waals surface area contributed by atoms with Crippen molar-refractivity contribution < 1.29 is 18.0 Å². The highest BCUT2D eigenvalue weighted by atomic mass is 32.2. The highest BCUT2D eigenvalue weighted by molar-refractivity contribution is 7.99. The molecule has 14 heteroatoms. The standard InChI is InChI=1S/C19H21N7O4S3/c1-25-18(22-23-24-25)32-6-3-16(27)21-15-4-7-33(29,30)19(15)10-26(11-19)17(28)13-8-20-9-14-12(13)2-5-31-14/h2,5,8-9,15H,3-4,6-7,10-11H2,1H3,(H,21,27). The van der Waals surface area contributed by atoms with Gasteiger partial charge in [0.15, 0.2) is 9.84 Å². The quantitative estimate of drug-likeness (QED) is 0.472. The van der Waals surface area contributed by atoms with Crippen molar-refractivity contribution in [2.45, 2.75) is 28.8 Å². The Bertz CT molecular complexity index is 1330. The predicted octanol–water partition coefficient (Wildman–Crippen LogP) is 0.500. The number of likely N-dealkylation sites (tertiary alicyclic amines) is 1. The zero-order chi connectivity index (χ0) is 23.2. The second kappa shape index (κ2) is 8.33. The van der Waals surface area contributed by atoms with E-state index in [2.05, 4.69) is 25.8 Å². The van der Waals surface area contributed by atoms with E-state index in [4.69, 9.17) is 0 Å². The summed E-state index contributed by atoms with van der Waals surface area (Å²) >= 11 is 2.85. The van der Waals surface area contributed by atoms with Gasteiger partial charge in [0.05, 0.1) is 22.1 Å². The summed E-state index contributed by atoms with van der Waals surface area (Å²) in [5.74, 6) is 0.00425. The summed E-state index contributed by atoms with van der Waals surface area (Å²) in [7, 11) is -1.73. The third-order valence-electron chi connectivity index (χ3n) is 6.22. The molecule has 1 spiro atoms. The zero-order valence-electron chi connectivity index (χ0n) is 17.7. The molecule has 1 atom stereocenters. The summed E-state index contributed by atoms with van der Waals surface area (Å²) in [5.41, 5.74) is 0.467. The van der Waals surface area contributed by atoms with Gasteiger partial charge in [0.25, 0.3) is 5.91 Å². The van der Waals surface area contributed by atoms with E-state index >= 15 is 0 Å². The third kappa shape index (κ3) is 3.79. The number of thioether (sulfide) groups is 1. The lowest BCUT2D eigenvalue weighted by Gasteiger charge is -2.49. The van der Waals surface area contributed by atoms with Crippen LogP contribution in [-0.2, 0) is 21.7 Å². The number of amides is 2. The minimum absolute atomic E-state index is 0.000997. The van der Waals surface area contributed by atoms with E-state index in [-0.39, 0.29) is 37.1 Å². The molecule has 3 aromatic rings.